The van der Waals surface area contributed by atoms with E-state index >= 15 is 0 Å². The van der Waals surface area contributed by atoms with Gasteiger partial charge in [0.15, 0.2) is 0 Å². The van der Waals surface area contributed by atoms with Gasteiger partial charge in [-0.05, 0) is 29.2 Å². The largest absolute Gasteiger partial charge is 0.358 e. The number of hydrogen-bond donors (Lipinski definition) is 1. The van der Waals surface area contributed by atoms with Crippen molar-refractivity contribution in [3.05, 3.63) is 107 Å². The zero-order valence-electron chi connectivity index (χ0n) is 16.3. The number of benzene rings is 3. The number of carbonyl (C=O) groups excluding carboxylic acids is 1. The van der Waals surface area contributed by atoms with Crippen molar-refractivity contribution in [2.24, 2.45) is 0 Å². The number of nitrogens with zero attached hydrogens (tertiary/aromatic N) is 1. The second-order valence-electron chi connectivity index (χ2n) is 7.71. The molecule has 0 bridgehead atoms. The molecule has 4 aromatic rings. The molecule has 144 valence electrons. The summed E-state index contributed by atoms with van der Waals surface area (Å²) in [7, 11) is 0. The highest BCUT2D eigenvalue weighted by Gasteiger charge is 2.29. The average Bonchev–Trinajstić information content (AvgIpc) is 2.99. The van der Waals surface area contributed by atoms with E-state index in [4.69, 9.17) is 0 Å². The van der Waals surface area contributed by atoms with Gasteiger partial charge in [-0.1, -0.05) is 78.9 Å². The van der Waals surface area contributed by atoms with Crippen LogP contribution in [0.3, 0.4) is 0 Å². The van der Waals surface area contributed by atoms with Crippen LogP contribution in [0, 0.1) is 0 Å². The van der Waals surface area contributed by atoms with Gasteiger partial charge in [0, 0.05) is 36.1 Å². The molecule has 29 heavy (non-hydrogen) atoms. The highest BCUT2D eigenvalue weighted by atomic mass is 16.2. The first-order chi connectivity index (χ1) is 14.3. The standard InChI is InChI=1S/C26H24N2O/c29-26(25(19-9-3-1-4-10-19)20-11-5-2-6-12-20)28-17-15-22-21-13-7-8-14-23(21)27-24(22)16-18-28/h1-14,25,27H,15-18H2. The first-order valence-corrected chi connectivity index (χ1v) is 10.3. The van der Waals surface area contributed by atoms with E-state index in [1.807, 2.05) is 41.3 Å². The van der Waals surface area contributed by atoms with Crippen LogP contribution in [0.2, 0.25) is 0 Å². The molecule has 0 radical (unpaired) electrons. The molecule has 0 saturated carbocycles. The predicted octanol–water partition coefficient (Wildman–Crippen LogP) is 4.93. The van der Waals surface area contributed by atoms with Gasteiger partial charge in [0.25, 0.3) is 0 Å². The fourth-order valence-corrected chi connectivity index (χ4v) is 4.53. The van der Waals surface area contributed by atoms with E-state index in [9.17, 15) is 4.79 Å². The highest BCUT2D eigenvalue weighted by molar-refractivity contribution is 5.88. The number of H-pyrrole nitrogens is 1. The number of carbonyl (C=O) groups is 1. The molecule has 0 fully saturated rings. The summed E-state index contributed by atoms with van der Waals surface area (Å²) in [6, 6.07) is 28.8. The molecule has 3 heteroatoms. The van der Waals surface area contributed by atoms with Crippen LogP contribution >= 0.6 is 0 Å². The van der Waals surface area contributed by atoms with Gasteiger partial charge < -0.3 is 9.88 Å². The Hall–Kier alpha value is -3.33. The first-order valence-electron chi connectivity index (χ1n) is 10.3. The van der Waals surface area contributed by atoms with Crippen molar-refractivity contribution in [1.29, 1.82) is 0 Å². The van der Waals surface area contributed by atoms with E-state index in [0.29, 0.717) is 0 Å². The fraction of sp³-hybridized carbons (Fsp3) is 0.192. The number of rotatable bonds is 3. The van der Waals surface area contributed by atoms with E-state index in [2.05, 4.69) is 53.5 Å². The van der Waals surface area contributed by atoms with Crippen LogP contribution in [0.25, 0.3) is 10.9 Å². The number of aromatic nitrogens is 1. The lowest BCUT2D eigenvalue weighted by Gasteiger charge is -2.27. The van der Waals surface area contributed by atoms with Gasteiger partial charge in [-0.15, -0.1) is 0 Å². The number of amides is 1. The molecular formula is C26H24N2O. The Labute approximate surface area is 171 Å². The summed E-state index contributed by atoms with van der Waals surface area (Å²) in [5.74, 6) is -0.0672. The number of fused-ring (bicyclic) bond motifs is 3. The Kier molecular flexibility index (Phi) is 4.65. The normalized spacial score (nSPS) is 14.0. The van der Waals surface area contributed by atoms with E-state index in [1.165, 1.54) is 22.2 Å². The van der Waals surface area contributed by atoms with Crippen LogP contribution in [0.1, 0.15) is 28.3 Å². The third-order valence-corrected chi connectivity index (χ3v) is 5.99. The Morgan fingerprint density at radius 3 is 2.03 bits per heavy atom. The van der Waals surface area contributed by atoms with Crippen molar-refractivity contribution in [3.63, 3.8) is 0 Å². The molecule has 3 nitrogen and oxygen atoms in total. The van der Waals surface area contributed by atoms with E-state index in [1.54, 1.807) is 0 Å². The lowest BCUT2D eigenvalue weighted by Crippen LogP contribution is -2.37. The molecule has 1 aliphatic heterocycles. The lowest BCUT2D eigenvalue weighted by molar-refractivity contribution is -0.131. The van der Waals surface area contributed by atoms with E-state index in [0.717, 1.165) is 37.1 Å². The van der Waals surface area contributed by atoms with Crippen LogP contribution in [-0.2, 0) is 17.6 Å². The molecular weight excluding hydrogens is 356 g/mol. The second kappa shape index (κ2) is 7.59. The van der Waals surface area contributed by atoms with Crippen molar-refractivity contribution in [3.8, 4) is 0 Å². The summed E-state index contributed by atoms with van der Waals surface area (Å²) in [4.78, 5) is 19.3. The second-order valence-corrected chi connectivity index (χ2v) is 7.71. The van der Waals surface area contributed by atoms with Gasteiger partial charge in [-0.2, -0.15) is 0 Å². The van der Waals surface area contributed by atoms with Crippen molar-refractivity contribution >= 4 is 16.8 Å². The van der Waals surface area contributed by atoms with Crippen LogP contribution in [0.15, 0.2) is 84.9 Å². The van der Waals surface area contributed by atoms with Crippen molar-refractivity contribution in [1.82, 2.24) is 9.88 Å². The van der Waals surface area contributed by atoms with Crippen LogP contribution in [0.5, 0.6) is 0 Å². The number of hydrogen-bond acceptors (Lipinski definition) is 1. The minimum absolute atomic E-state index is 0.192. The van der Waals surface area contributed by atoms with Crippen molar-refractivity contribution < 1.29 is 4.79 Å². The van der Waals surface area contributed by atoms with Gasteiger partial charge in [0.05, 0.1) is 5.92 Å². The van der Waals surface area contributed by atoms with E-state index in [-0.39, 0.29) is 11.8 Å². The summed E-state index contributed by atoms with van der Waals surface area (Å²) in [6.07, 6.45) is 1.76. The molecule has 5 rings (SSSR count). The van der Waals surface area contributed by atoms with Crippen LogP contribution in [-0.4, -0.2) is 28.9 Å². The summed E-state index contributed by atoms with van der Waals surface area (Å²) < 4.78 is 0. The molecule has 1 aliphatic rings. The Morgan fingerprint density at radius 2 is 1.34 bits per heavy atom. The number of para-hydroxylation sites is 1. The number of aromatic amines is 1. The first kappa shape index (κ1) is 17.7. The molecule has 1 N–H and O–H groups in total. The predicted molar refractivity (Wildman–Crippen MR) is 117 cm³/mol. The molecule has 0 unspecified atom stereocenters. The zero-order valence-corrected chi connectivity index (χ0v) is 16.3. The minimum atomic E-state index is -0.259. The topological polar surface area (TPSA) is 36.1 Å². The minimum Gasteiger partial charge on any atom is -0.358 e. The smallest absolute Gasteiger partial charge is 0.234 e. The van der Waals surface area contributed by atoms with Gasteiger partial charge in [0.2, 0.25) is 5.91 Å². The number of nitrogens with one attached hydrogen (secondary N) is 1. The Bertz CT molecular complexity index is 1090. The Balaban J connectivity index is 1.45. The molecule has 2 heterocycles. The highest BCUT2D eigenvalue weighted by Crippen LogP contribution is 2.30. The third kappa shape index (κ3) is 3.33. The lowest BCUT2D eigenvalue weighted by atomic mass is 9.90. The average molecular weight is 380 g/mol. The molecule has 1 aromatic heterocycles. The van der Waals surface area contributed by atoms with Crippen LogP contribution in [0.4, 0.5) is 0 Å². The maximum Gasteiger partial charge on any atom is 0.234 e. The van der Waals surface area contributed by atoms with Gasteiger partial charge in [0.1, 0.15) is 0 Å². The van der Waals surface area contributed by atoms with Gasteiger partial charge in [-0.3, -0.25) is 4.79 Å². The molecule has 3 aromatic carbocycles. The molecule has 0 saturated heterocycles. The SMILES string of the molecule is O=C(C(c1ccccc1)c1ccccc1)N1CCc2[nH]c3ccccc3c2CC1. The zero-order chi connectivity index (χ0) is 19.6. The maximum atomic E-state index is 13.7. The summed E-state index contributed by atoms with van der Waals surface area (Å²) in [5, 5.41) is 1.29. The summed E-state index contributed by atoms with van der Waals surface area (Å²) in [6.45, 7) is 1.50. The van der Waals surface area contributed by atoms with Crippen molar-refractivity contribution in [2.75, 3.05) is 13.1 Å². The quantitative estimate of drug-likeness (QED) is 0.538. The molecule has 0 aliphatic carbocycles. The van der Waals surface area contributed by atoms with Gasteiger partial charge in [-0.25, -0.2) is 0 Å². The maximum absolute atomic E-state index is 13.7. The third-order valence-electron chi connectivity index (χ3n) is 5.99. The summed E-state index contributed by atoms with van der Waals surface area (Å²) in [5.41, 5.74) is 5.95. The fourth-order valence-electron chi connectivity index (χ4n) is 4.53. The molecule has 0 spiro atoms. The van der Waals surface area contributed by atoms with Crippen molar-refractivity contribution in [2.45, 2.75) is 18.8 Å². The van der Waals surface area contributed by atoms with Crippen LogP contribution < -0.4 is 0 Å². The van der Waals surface area contributed by atoms with Gasteiger partial charge >= 0.3 is 0 Å². The monoisotopic (exact) mass is 380 g/mol. The van der Waals surface area contributed by atoms with E-state index < -0.39 is 0 Å². The molecule has 1 amide bonds. The summed E-state index contributed by atoms with van der Waals surface area (Å²) >= 11 is 0. The Morgan fingerprint density at radius 1 is 0.759 bits per heavy atom. The molecule has 0 atom stereocenters.